The van der Waals surface area contributed by atoms with Crippen molar-refractivity contribution in [1.29, 1.82) is 0 Å². The lowest BCUT2D eigenvalue weighted by Crippen LogP contribution is -2.14. The highest BCUT2D eigenvalue weighted by Crippen LogP contribution is 2.25. The van der Waals surface area contributed by atoms with Crippen LogP contribution in [-0.4, -0.2) is 15.6 Å². The van der Waals surface area contributed by atoms with Crippen LogP contribution in [0.3, 0.4) is 0 Å². The Morgan fingerprint density at radius 1 is 1.44 bits per heavy atom. The summed E-state index contributed by atoms with van der Waals surface area (Å²) in [6.07, 6.45) is 1.61. The number of carboxylic acid groups (broad SMARTS) is 1. The van der Waals surface area contributed by atoms with Crippen LogP contribution in [0, 0.1) is 12.7 Å². The Hall–Kier alpha value is -1.84. The molecule has 0 amide bonds. The van der Waals surface area contributed by atoms with Crippen molar-refractivity contribution in [3.63, 3.8) is 0 Å². The first-order valence-corrected chi connectivity index (χ1v) is 5.01. The summed E-state index contributed by atoms with van der Waals surface area (Å²) in [6, 6.07) is 3.96. The van der Waals surface area contributed by atoms with E-state index in [1.54, 1.807) is 29.8 Å². The number of carboxylic acids is 1. The molecular weight excluding hydrogens is 209 g/mol. The predicted molar refractivity (Wildman–Crippen MR) is 59.0 cm³/mol. The van der Waals surface area contributed by atoms with Crippen molar-refractivity contribution in [3.05, 3.63) is 35.8 Å². The summed E-state index contributed by atoms with van der Waals surface area (Å²) < 4.78 is 15.1. The van der Waals surface area contributed by atoms with Gasteiger partial charge in [0, 0.05) is 11.6 Å². The molecule has 84 valence electrons. The molecule has 0 radical (unpaired) electrons. The van der Waals surface area contributed by atoms with Gasteiger partial charge in [-0.1, -0.05) is 6.07 Å². The number of aryl methyl sites for hydroxylation is 1. The molecule has 1 aromatic heterocycles. The fraction of sp³-hybridized carbons (Fsp3) is 0.250. The molecule has 1 aromatic carbocycles. The third-order valence-electron chi connectivity index (χ3n) is 2.80. The zero-order valence-corrected chi connectivity index (χ0v) is 9.07. The van der Waals surface area contributed by atoms with Crippen molar-refractivity contribution in [2.45, 2.75) is 19.9 Å². The van der Waals surface area contributed by atoms with E-state index in [-0.39, 0.29) is 5.82 Å². The van der Waals surface area contributed by atoms with Gasteiger partial charge in [0.25, 0.3) is 0 Å². The molecule has 0 spiro atoms. The van der Waals surface area contributed by atoms with Crippen LogP contribution in [0.25, 0.3) is 10.9 Å². The van der Waals surface area contributed by atoms with Crippen molar-refractivity contribution < 1.29 is 14.3 Å². The predicted octanol–water partition coefficient (Wildman–Crippen LogP) is 2.73. The number of aromatic nitrogens is 1. The molecule has 1 atom stereocenters. The summed E-state index contributed by atoms with van der Waals surface area (Å²) >= 11 is 0. The van der Waals surface area contributed by atoms with Gasteiger partial charge in [-0.15, -0.1) is 0 Å². The van der Waals surface area contributed by atoms with Gasteiger partial charge < -0.3 is 9.67 Å². The first-order valence-electron chi connectivity index (χ1n) is 5.01. The molecule has 16 heavy (non-hydrogen) atoms. The van der Waals surface area contributed by atoms with E-state index < -0.39 is 12.0 Å². The topological polar surface area (TPSA) is 42.2 Å². The number of nitrogens with zero attached hydrogens (tertiary/aromatic N) is 1. The molecule has 2 aromatic rings. The summed E-state index contributed by atoms with van der Waals surface area (Å²) in [5, 5.41) is 9.42. The van der Waals surface area contributed by atoms with Gasteiger partial charge in [0.05, 0.1) is 5.52 Å². The zero-order valence-electron chi connectivity index (χ0n) is 9.07. The maximum atomic E-state index is 13.5. The Bertz CT molecular complexity index is 559. The van der Waals surface area contributed by atoms with Crippen LogP contribution in [0.4, 0.5) is 4.39 Å². The van der Waals surface area contributed by atoms with E-state index in [4.69, 9.17) is 5.11 Å². The molecule has 0 saturated carbocycles. The average Bonchev–Trinajstić information content (AvgIpc) is 2.67. The lowest BCUT2D eigenvalue weighted by Gasteiger charge is -2.11. The standard InChI is InChI=1S/C12H12FNO2/c1-7-3-4-10(13)9-5-6-14(11(7)9)8(2)12(15)16/h3-6,8H,1-2H3,(H,15,16). The number of carbonyl (C=O) groups is 1. The van der Waals surface area contributed by atoms with Crippen molar-refractivity contribution >= 4 is 16.9 Å². The first-order chi connectivity index (χ1) is 7.52. The van der Waals surface area contributed by atoms with Crippen LogP contribution in [-0.2, 0) is 4.79 Å². The monoisotopic (exact) mass is 221 g/mol. The van der Waals surface area contributed by atoms with Crippen molar-refractivity contribution in [2.24, 2.45) is 0 Å². The molecule has 0 aliphatic heterocycles. The van der Waals surface area contributed by atoms with Crippen LogP contribution >= 0.6 is 0 Å². The normalized spacial score (nSPS) is 12.9. The minimum atomic E-state index is -0.929. The van der Waals surface area contributed by atoms with Gasteiger partial charge in [-0.25, -0.2) is 9.18 Å². The molecule has 4 heteroatoms. The molecule has 0 aliphatic carbocycles. The van der Waals surface area contributed by atoms with E-state index in [2.05, 4.69) is 0 Å². The highest BCUT2D eigenvalue weighted by atomic mass is 19.1. The van der Waals surface area contributed by atoms with Crippen molar-refractivity contribution in [2.75, 3.05) is 0 Å². The third-order valence-corrected chi connectivity index (χ3v) is 2.80. The van der Waals surface area contributed by atoms with Crippen LogP contribution < -0.4 is 0 Å². The fourth-order valence-corrected chi connectivity index (χ4v) is 1.86. The molecule has 1 N–H and O–H groups in total. The van der Waals surface area contributed by atoms with Gasteiger partial charge in [-0.2, -0.15) is 0 Å². The second-order valence-electron chi connectivity index (χ2n) is 3.86. The lowest BCUT2D eigenvalue weighted by atomic mass is 10.1. The van der Waals surface area contributed by atoms with Gasteiger partial charge in [0.2, 0.25) is 0 Å². The van der Waals surface area contributed by atoms with Crippen LogP contribution in [0.1, 0.15) is 18.5 Å². The van der Waals surface area contributed by atoms with E-state index in [1.165, 1.54) is 6.07 Å². The number of benzene rings is 1. The van der Waals surface area contributed by atoms with Gasteiger partial charge in [-0.3, -0.25) is 0 Å². The largest absolute Gasteiger partial charge is 0.480 e. The SMILES string of the molecule is Cc1ccc(F)c2ccn(C(C)C(=O)O)c12. The van der Waals surface area contributed by atoms with Gasteiger partial charge in [0.1, 0.15) is 11.9 Å². The van der Waals surface area contributed by atoms with E-state index in [0.29, 0.717) is 10.9 Å². The minimum Gasteiger partial charge on any atom is -0.480 e. The Morgan fingerprint density at radius 2 is 2.12 bits per heavy atom. The Kier molecular flexibility index (Phi) is 2.42. The summed E-state index contributed by atoms with van der Waals surface area (Å²) in [7, 11) is 0. The number of fused-ring (bicyclic) bond motifs is 1. The number of hydrogen-bond acceptors (Lipinski definition) is 1. The molecule has 0 bridgehead atoms. The number of aliphatic carboxylic acids is 1. The van der Waals surface area contributed by atoms with E-state index >= 15 is 0 Å². The van der Waals surface area contributed by atoms with Crippen molar-refractivity contribution in [3.8, 4) is 0 Å². The maximum absolute atomic E-state index is 13.5. The van der Waals surface area contributed by atoms with E-state index in [9.17, 15) is 9.18 Å². The second-order valence-corrected chi connectivity index (χ2v) is 3.86. The zero-order chi connectivity index (χ0) is 11.9. The highest BCUT2D eigenvalue weighted by Gasteiger charge is 2.17. The van der Waals surface area contributed by atoms with Crippen LogP contribution in [0.5, 0.6) is 0 Å². The van der Waals surface area contributed by atoms with Gasteiger partial charge in [-0.05, 0) is 31.5 Å². The van der Waals surface area contributed by atoms with Crippen LogP contribution in [0.2, 0.25) is 0 Å². The molecule has 2 rings (SSSR count). The van der Waals surface area contributed by atoms with E-state index in [0.717, 1.165) is 5.56 Å². The van der Waals surface area contributed by atoms with Crippen LogP contribution in [0.15, 0.2) is 24.4 Å². The minimum absolute atomic E-state index is 0.322. The smallest absolute Gasteiger partial charge is 0.326 e. The number of halogens is 1. The molecule has 0 aliphatic rings. The summed E-state index contributed by atoms with van der Waals surface area (Å²) in [5.41, 5.74) is 1.52. The molecule has 3 nitrogen and oxygen atoms in total. The molecule has 0 saturated heterocycles. The summed E-state index contributed by atoms with van der Waals surface area (Å²) in [5.74, 6) is -1.25. The first kappa shape index (κ1) is 10.7. The quantitative estimate of drug-likeness (QED) is 0.847. The highest BCUT2D eigenvalue weighted by molar-refractivity contribution is 5.86. The Balaban J connectivity index is 2.73. The third kappa shape index (κ3) is 1.46. The van der Waals surface area contributed by atoms with E-state index in [1.807, 2.05) is 6.92 Å². The maximum Gasteiger partial charge on any atom is 0.326 e. The van der Waals surface area contributed by atoms with Crippen molar-refractivity contribution in [1.82, 2.24) is 4.57 Å². The Labute approximate surface area is 92.1 Å². The average molecular weight is 221 g/mol. The number of hydrogen-bond donors (Lipinski definition) is 1. The van der Waals surface area contributed by atoms with Gasteiger partial charge in [0.15, 0.2) is 0 Å². The summed E-state index contributed by atoms with van der Waals surface area (Å²) in [6.45, 7) is 3.42. The molecular formula is C12H12FNO2. The molecule has 1 unspecified atom stereocenters. The second kappa shape index (κ2) is 3.63. The Morgan fingerprint density at radius 3 is 2.75 bits per heavy atom. The summed E-state index contributed by atoms with van der Waals surface area (Å²) in [4.78, 5) is 10.9. The fourth-order valence-electron chi connectivity index (χ4n) is 1.86. The lowest BCUT2D eigenvalue weighted by molar-refractivity contribution is -0.140. The molecule has 1 heterocycles. The number of rotatable bonds is 2. The molecule has 0 fully saturated rings. The van der Waals surface area contributed by atoms with Gasteiger partial charge >= 0.3 is 5.97 Å².